The minimum absolute atomic E-state index is 4.82. The fourth-order valence-corrected chi connectivity index (χ4v) is 1.64. The number of hydrogen-bond donors (Lipinski definition) is 1. The summed E-state index contributed by atoms with van der Waals surface area (Å²) in [6, 6.07) is 0. The molecule has 0 saturated carbocycles. The third kappa shape index (κ3) is 2.74. The van der Waals surface area contributed by atoms with Crippen LogP contribution in [0.4, 0.5) is 65.9 Å². The number of alkyl halides is 15. The first-order valence-electron chi connectivity index (χ1n) is 5.01. The van der Waals surface area contributed by atoms with Gasteiger partial charge in [0, 0.05) is 0 Å². The van der Waals surface area contributed by atoms with Crippen molar-refractivity contribution in [1.82, 2.24) is 0 Å². The lowest BCUT2D eigenvalue weighted by atomic mass is 9.71. The third-order valence-electron chi connectivity index (χ3n) is 2.81. The van der Waals surface area contributed by atoms with Gasteiger partial charge >= 0.3 is 47.7 Å². The Morgan fingerprint density at radius 3 is 0.840 bits per heavy atom. The standard InChI is InChI=1S/C8HF15O2/c9-2(1(24)25,5(12,13)14)3(10,6(15,16)17)4(11,7(18,19)20)8(21,22)23/h(H,24,25). The van der Waals surface area contributed by atoms with Gasteiger partial charge < -0.3 is 5.11 Å². The molecule has 2 atom stereocenters. The van der Waals surface area contributed by atoms with E-state index >= 15 is 0 Å². The number of aliphatic carboxylic acids is 1. The van der Waals surface area contributed by atoms with E-state index in [1.54, 1.807) is 0 Å². The van der Waals surface area contributed by atoms with Gasteiger partial charge in [0.25, 0.3) is 0 Å². The zero-order valence-electron chi connectivity index (χ0n) is 10.5. The second-order valence-corrected chi connectivity index (χ2v) is 4.27. The molecular weight excluding hydrogens is 413 g/mol. The Kier molecular flexibility index (Phi) is 5.11. The maximum absolute atomic E-state index is 13.7. The molecule has 0 aromatic heterocycles. The molecule has 0 bridgehead atoms. The van der Waals surface area contributed by atoms with Crippen molar-refractivity contribution in [2.45, 2.75) is 41.7 Å². The normalized spacial score (nSPS) is 20.0. The topological polar surface area (TPSA) is 37.3 Å². The summed E-state index contributed by atoms with van der Waals surface area (Å²) < 4.78 is 188. The second-order valence-electron chi connectivity index (χ2n) is 4.27. The van der Waals surface area contributed by atoms with Gasteiger partial charge in [-0.2, -0.15) is 52.7 Å². The van der Waals surface area contributed by atoms with Crippen LogP contribution in [0.15, 0.2) is 0 Å². The molecule has 25 heavy (non-hydrogen) atoms. The third-order valence-corrected chi connectivity index (χ3v) is 2.81. The van der Waals surface area contributed by atoms with Crippen molar-refractivity contribution < 1.29 is 75.8 Å². The Morgan fingerprint density at radius 2 is 0.720 bits per heavy atom. The summed E-state index contributed by atoms with van der Waals surface area (Å²) in [6.45, 7) is 0. The highest BCUT2D eigenvalue weighted by atomic mass is 19.4. The van der Waals surface area contributed by atoms with E-state index in [0.717, 1.165) is 0 Å². The molecule has 0 aliphatic carbocycles. The Labute approximate surface area is 125 Å². The van der Waals surface area contributed by atoms with Crippen molar-refractivity contribution in [1.29, 1.82) is 0 Å². The van der Waals surface area contributed by atoms with Crippen LogP contribution in [-0.4, -0.2) is 52.8 Å². The molecular formula is C8HF15O2. The van der Waals surface area contributed by atoms with E-state index in [1.165, 1.54) is 0 Å². The first-order chi connectivity index (χ1) is 10.4. The maximum Gasteiger partial charge on any atom is 0.437 e. The first kappa shape index (κ1) is 23.4. The summed E-state index contributed by atoms with van der Waals surface area (Å²) in [7, 11) is 0. The van der Waals surface area contributed by atoms with Crippen LogP contribution in [0.3, 0.4) is 0 Å². The summed E-state index contributed by atoms with van der Waals surface area (Å²) in [5, 5.41) is 7.83. The van der Waals surface area contributed by atoms with Crippen molar-refractivity contribution in [3.63, 3.8) is 0 Å². The van der Waals surface area contributed by atoms with Gasteiger partial charge in [-0.3, -0.25) is 0 Å². The van der Waals surface area contributed by atoms with Gasteiger partial charge in [-0.25, -0.2) is 18.0 Å². The van der Waals surface area contributed by atoms with Crippen molar-refractivity contribution in [3.8, 4) is 0 Å². The van der Waals surface area contributed by atoms with Crippen LogP contribution in [0, 0.1) is 0 Å². The van der Waals surface area contributed by atoms with Crippen molar-refractivity contribution in [2.24, 2.45) is 0 Å². The number of hydrogen-bond acceptors (Lipinski definition) is 1. The molecule has 0 aliphatic rings. The molecule has 2 nitrogen and oxygen atoms in total. The SMILES string of the molecule is O=C(O)C(F)(C(F)(F)F)C(F)(C(F)(F)F)C(F)(C(F)(F)F)C(F)(F)F. The largest absolute Gasteiger partial charge is 0.479 e. The smallest absolute Gasteiger partial charge is 0.437 e. The summed E-state index contributed by atoms with van der Waals surface area (Å²) in [5.74, 6) is -4.82. The fraction of sp³-hybridized carbons (Fsp3) is 0.875. The number of carbonyl (C=O) groups is 1. The van der Waals surface area contributed by atoms with Gasteiger partial charge in [0.15, 0.2) is 0 Å². The second kappa shape index (κ2) is 5.46. The molecule has 0 saturated heterocycles. The zero-order chi connectivity index (χ0) is 21.1. The Bertz CT molecular complexity index is 510. The molecule has 150 valence electrons. The van der Waals surface area contributed by atoms with E-state index in [1.807, 2.05) is 0 Å². The highest BCUT2D eigenvalue weighted by molar-refractivity contribution is 5.81. The quantitative estimate of drug-likeness (QED) is 0.694. The van der Waals surface area contributed by atoms with Gasteiger partial charge in [-0.05, 0) is 0 Å². The van der Waals surface area contributed by atoms with Gasteiger partial charge in [-0.1, -0.05) is 0 Å². The molecule has 0 heterocycles. The van der Waals surface area contributed by atoms with E-state index in [2.05, 4.69) is 0 Å². The number of rotatable bonds is 3. The lowest BCUT2D eigenvalue weighted by Crippen LogP contribution is -2.82. The molecule has 0 aliphatic heterocycles. The maximum atomic E-state index is 13.7. The molecule has 1 N–H and O–H groups in total. The monoisotopic (exact) mass is 414 g/mol. The predicted molar refractivity (Wildman–Crippen MR) is 43.4 cm³/mol. The van der Waals surface area contributed by atoms with E-state index in [4.69, 9.17) is 5.11 Å². The molecule has 2 unspecified atom stereocenters. The predicted octanol–water partition coefficient (Wildman–Crippen LogP) is 4.45. The van der Waals surface area contributed by atoms with Crippen molar-refractivity contribution >= 4 is 5.97 Å². The Balaban J connectivity index is 7.54. The van der Waals surface area contributed by atoms with Crippen LogP contribution in [0.2, 0.25) is 0 Å². The summed E-state index contributed by atoms with van der Waals surface area (Å²) >= 11 is 0. The van der Waals surface area contributed by atoms with E-state index in [9.17, 15) is 70.7 Å². The number of carboxylic acid groups (broad SMARTS) is 1. The van der Waals surface area contributed by atoms with Crippen LogP contribution in [-0.2, 0) is 4.79 Å². The first-order valence-corrected chi connectivity index (χ1v) is 5.01. The van der Waals surface area contributed by atoms with Gasteiger partial charge in [0.05, 0.1) is 0 Å². The van der Waals surface area contributed by atoms with Gasteiger partial charge in [0.1, 0.15) is 0 Å². The van der Waals surface area contributed by atoms with Gasteiger partial charge in [-0.15, -0.1) is 0 Å². The number of carboxylic acids is 1. The molecule has 0 amide bonds. The summed E-state index contributed by atoms with van der Waals surface area (Å²) in [5.41, 5.74) is -25.3. The van der Waals surface area contributed by atoms with Crippen LogP contribution < -0.4 is 0 Å². The minimum Gasteiger partial charge on any atom is -0.479 e. The van der Waals surface area contributed by atoms with Crippen LogP contribution in [0.5, 0.6) is 0 Å². The molecule has 0 fully saturated rings. The van der Waals surface area contributed by atoms with Crippen molar-refractivity contribution in [3.05, 3.63) is 0 Å². The molecule has 0 aromatic rings. The lowest BCUT2D eigenvalue weighted by Gasteiger charge is -2.46. The highest BCUT2D eigenvalue weighted by Gasteiger charge is 3.00. The lowest BCUT2D eigenvalue weighted by molar-refractivity contribution is -0.448. The highest BCUT2D eigenvalue weighted by Crippen LogP contribution is 2.65. The molecule has 0 rings (SSSR count). The molecule has 0 radical (unpaired) electrons. The van der Waals surface area contributed by atoms with Crippen LogP contribution in [0.1, 0.15) is 0 Å². The van der Waals surface area contributed by atoms with E-state index < -0.39 is 47.7 Å². The summed E-state index contributed by atoms with van der Waals surface area (Å²) in [4.78, 5) is 10.1. The van der Waals surface area contributed by atoms with Gasteiger partial charge in [0.2, 0.25) is 0 Å². The number of halogens is 15. The average molecular weight is 414 g/mol. The fourth-order valence-electron chi connectivity index (χ4n) is 1.64. The van der Waals surface area contributed by atoms with E-state index in [0.29, 0.717) is 0 Å². The van der Waals surface area contributed by atoms with Crippen LogP contribution in [0.25, 0.3) is 0 Å². The zero-order valence-corrected chi connectivity index (χ0v) is 10.5. The minimum atomic E-state index is -8.69. The average Bonchev–Trinajstić information content (AvgIpc) is 2.29. The molecule has 17 heteroatoms. The molecule has 0 spiro atoms. The Hall–Kier alpha value is -1.58. The van der Waals surface area contributed by atoms with Crippen molar-refractivity contribution in [2.75, 3.05) is 0 Å². The summed E-state index contributed by atoms with van der Waals surface area (Å²) in [6.07, 6.45) is -32.6. The van der Waals surface area contributed by atoms with E-state index in [-0.39, 0.29) is 0 Å². The Morgan fingerprint density at radius 1 is 0.480 bits per heavy atom. The van der Waals surface area contributed by atoms with Crippen LogP contribution >= 0.6 is 0 Å². The molecule has 0 aromatic carbocycles.